The summed E-state index contributed by atoms with van der Waals surface area (Å²) < 4.78 is 10.9. The normalized spacial score (nSPS) is 11.4. The van der Waals surface area contributed by atoms with Crippen molar-refractivity contribution < 1.29 is 14.6 Å². The number of hydrogen-bond donors (Lipinski definition) is 2. The largest absolute Gasteiger partial charge is 0.493 e. The molecule has 0 aromatic heterocycles. The van der Waals surface area contributed by atoms with Crippen LogP contribution in [0.15, 0.2) is 18.2 Å². The molecule has 0 saturated heterocycles. The highest BCUT2D eigenvalue weighted by molar-refractivity contribution is 5.42. The van der Waals surface area contributed by atoms with Crippen molar-refractivity contribution in [2.45, 2.75) is 39.3 Å². The molecule has 19 heavy (non-hydrogen) atoms. The summed E-state index contributed by atoms with van der Waals surface area (Å²) in [5, 5.41) is 12.9. The molecule has 4 nitrogen and oxygen atoms in total. The fourth-order valence-electron chi connectivity index (χ4n) is 1.67. The highest BCUT2D eigenvalue weighted by atomic mass is 16.5. The number of nitrogens with one attached hydrogen (secondary N) is 1. The molecule has 0 aliphatic heterocycles. The van der Waals surface area contributed by atoms with Gasteiger partial charge in [0.05, 0.1) is 19.3 Å². The maximum Gasteiger partial charge on any atom is 0.161 e. The zero-order chi connectivity index (χ0) is 14.3. The number of methoxy groups -OCH3 is 1. The van der Waals surface area contributed by atoms with E-state index in [2.05, 4.69) is 12.2 Å². The molecule has 0 radical (unpaired) electrons. The number of ether oxygens (including phenoxy) is 2. The van der Waals surface area contributed by atoms with Gasteiger partial charge in [0.1, 0.15) is 0 Å². The lowest BCUT2D eigenvalue weighted by Gasteiger charge is -2.18. The van der Waals surface area contributed by atoms with E-state index >= 15 is 0 Å². The van der Waals surface area contributed by atoms with Gasteiger partial charge in [0.15, 0.2) is 11.5 Å². The molecule has 0 saturated carbocycles. The molecule has 0 bridgehead atoms. The topological polar surface area (TPSA) is 50.7 Å². The highest BCUT2D eigenvalue weighted by Crippen LogP contribution is 2.28. The third-order valence-corrected chi connectivity index (χ3v) is 2.58. The molecule has 1 aromatic carbocycles. The average Bonchev–Trinajstić information content (AvgIpc) is 2.35. The van der Waals surface area contributed by atoms with Gasteiger partial charge in [-0.05, 0) is 38.0 Å². The fourth-order valence-corrected chi connectivity index (χ4v) is 1.67. The first kappa shape index (κ1) is 15.8. The molecule has 0 fully saturated rings. The molecule has 0 atom stereocenters. The maximum absolute atomic E-state index is 9.64. The minimum Gasteiger partial charge on any atom is -0.493 e. The minimum atomic E-state index is -0.700. The summed E-state index contributed by atoms with van der Waals surface area (Å²) in [4.78, 5) is 0. The average molecular weight is 267 g/mol. The summed E-state index contributed by atoms with van der Waals surface area (Å²) in [6, 6.07) is 5.88. The first-order valence-electron chi connectivity index (χ1n) is 6.69. The van der Waals surface area contributed by atoms with E-state index in [4.69, 9.17) is 9.47 Å². The molecule has 0 amide bonds. The van der Waals surface area contributed by atoms with E-state index in [9.17, 15) is 5.11 Å². The third-order valence-electron chi connectivity index (χ3n) is 2.58. The zero-order valence-corrected chi connectivity index (χ0v) is 12.3. The summed E-state index contributed by atoms with van der Waals surface area (Å²) in [5.41, 5.74) is 0.407. The molecule has 1 aromatic rings. The van der Waals surface area contributed by atoms with E-state index in [-0.39, 0.29) is 0 Å². The van der Waals surface area contributed by atoms with Gasteiger partial charge in [-0.1, -0.05) is 13.0 Å². The Bertz CT molecular complexity index is 385. The SMILES string of the molecule is CCCOc1cc(CNCC(C)(C)O)ccc1OC. The predicted molar refractivity (Wildman–Crippen MR) is 76.8 cm³/mol. The molecule has 0 aliphatic rings. The lowest BCUT2D eigenvalue weighted by atomic mass is 10.1. The first-order valence-corrected chi connectivity index (χ1v) is 6.69. The lowest BCUT2D eigenvalue weighted by Crippen LogP contribution is -2.34. The second kappa shape index (κ2) is 7.36. The molecular weight excluding hydrogens is 242 g/mol. The van der Waals surface area contributed by atoms with Crippen LogP contribution in [0.4, 0.5) is 0 Å². The summed E-state index contributed by atoms with van der Waals surface area (Å²) in [7, 11) is 1.64. The van der Waals surface area contributed by atoms with E-state index < -0.39 is 5.60 Å². The van der Waals surface area contributed by atoms with Crippen LogP contribution in [-0.4, -0.2) is 31.0 Å². The quantitative estimate of drug-likeness (QED) is 0.759. The number of benzene rings is 1. The molecular formula is C15H25NO3. The minimum absolute atomic E-state index is 0.546. The van der Waals surface area contributed by atoms with Crippen LogP contribution in [0, 0.1) is 0 Å². The van der Waals surface area contributed by atoms with Gasteiger partial charge >= 0.3 is 0 Å². The van der Waals surface area contributed by atoms with Crippen molar-refractivity contribution in [1.82, 2.24) is 5.32 Å². The van der Waals surface area contributed by atoms with Crippen molar-refractivity contribution in [3.8, 4) is 11.5 Å². The van der Waals surface area contributed by atoms with Crippen molar-refractivity contribution in [2.24, 2.45) is 0 Å². The highest BCUT2D eigenvalue weighted by Gasteiger charge is 2.11. The second-order valence-electron chi connectivity index (χ2n) is 5.25. The lowest BCUT2D eigenvalue weighted by molar-refractivity contribution is 0.0795. The zero-order valence-electron chi connectivity index (χ0n) is 12.3. The van der Waals surface area contributed by atoms with Crippen molar-refractivity contribution in [1.29, 1.82) is 0 Å². The standard InChI is InChI=1S/C15H25NO3/c1-5-8-19-14-9-12(6-7-13(14)18-4)10-16-11-15(2,3)17/h6-7,9,16-17H,5,8,10-11H2,1-4H3. The van der Waals surface area contributed by atoms with Crippen LogP contribution in [0.25, 0.3) is 0 Å². The van der Waals surface area contributed by atoms with Crippen LogP contribution < -0.4 is 14.8 Å². The molecule has 0 unspecified atom stereocenters. The Morgan fingerprint density at radius 3 is 2.58 bits per heavy atom. The number of hydrogen-bond acceptors (Lipinski definition) is 4. The van der Waals surface area contributed by atoms with Gasteiger partial charge < -0.3 is 19.9 Å². The Kier molecular flexibility index (Phi) is 6.12. The Labute approximate surface area is 115 Å². The van der Waals surface area contributed by atoms with Crippen molar-refractivity contribution in [3.05, 3.63) is 23.8 Å². The van der Waals surface area contributed by atoms with Crippen LogP contribution in [0.1, 0.15) is 32.8 Å². The van der Waals surface area contributed by atoms with Gasteiger partial charge in [-0.2, -0.15) is 0 Å². The van der Waals surface area contributed by atoms with E-state index in [0.717, 1.165) is 23.5 Å². The van der Waals surface area contributed by atoms with Crippen molar-refractivity contribution >= 4 is 0 Å². The summed E-state index contributed by atoms with van der Waals surface area (Å²) in [6.07, 6.45) is 0.963. The molecule has 2 N–H and O–H groups in total. The van der Waals surface area contributed by atoms with Crippen molar-refractivity contribution in [3.63, 3.8) is 0 Å². The first-order chi connectivity index (χ1) is 8.96. The number of aliphatic hydroxyl groups is 1. The molecule has 0 aliphatic carbocycles. The van der Waals surface area contributed by atoms with E-state index in [1.165, 1.54) is 0 Å². The van der Waals surface area contributed by atoms with E-state index in [1.807, 2.05) is 18.2 Å². The number of rotatable bonds is 8. The fraction of sp³-hybridized carbons (Fsp3) is 0.600. The van der Waals surface area contributed by atoms with Gasteiger partial charge in [0, 0.05) is 13.1 Å². The van der Waals surface area contributed by atoms with Crippen molar-refractivity contribution in [2.75, 3.05) is 20.3 Å². The Hall–Kier alpha value is -1.26. The van der Waals surface area contributed by atoms with E-state index in [1.54, 1.807) is 21.0 Å². The predicted octanol–water partition coefficient (Wildman–Crippen LogP) is 2.34. The monoisotopic (exact) mass is 267 g/mol. The van der Waals surface area contributed by atoms with Gasteiger partial charge in [0.25, 0.3) is 0 Å². The van der Waals surface area contributed by atoms with Crippen LogP contribution in [0.2, 0.25) is 0 Å². The third kappa shape index (κ3) is 5.94. The van der Waals surface area contributed by atoms with Crippen LogP contribution in [-0.2, 0) is 6.54 Å². The molecule has 1 rings (SSSR count). The molecule has 0 heterocycles. The Morgan fingerprint density at radius 1 is 1.26 bits per heavy atom. The second-order valence-corrected chi connectivity index (χ2v) is 5.25. The molecule has 0 spiro atoms. The van der Waals surface area contributed by atoms with Gasteiger partial charge in [0.2, 0.25) is 0 Å². The summed E-state index contributed by atoms with van der Waals surface area (Å²) in [6.45, 7) is 7.55. The van der Waals surface area contributed by atoms with Crippen LogP contribution in [0.3, 0.4) is 0 Å². The summed E-state index contributed by atoms with van der Waals surface area (Å²) in [5.74, 6) is 1.52. The van der Waals surface area contributed by atoms with Crippen LogP contribution >= 0.6 is 0 Å². The van der Waals surface area contributed by atoms with Gasteiger partial charge in [-0.25, -0.2) is 0 Å². The van der Waals surface area contributed by atoms with Gasteiger partial charge in [-0.15, -0.1) is 0 Å². The summed E-state index contributed by atoms with van der Waals surface area (Å²) >= 11 is 0. The molecule has 108 valence electrons. The maximum atomic E-state index is 9.64. The Morgan fingerprint density at radius 2 is 2.00 bits per heavy atom. The van der Waals surface area contributed by atoms with Gasteiger partial charge in [-0.3, -0.25) is 0 Å². The van der Waals surface area contributed by atoms with Crippen LogP contribution in [0.5, 0.6) is 11.5 Å². The Balaban J connectivity index is 2.64. The molecule has 4 heteroatoms. The van der Waals surface area contributed by atoms with E-state index in [0.29, 0.717) is 19.7 Å². The smallest absolute Gasteiger partial charge is 0.161 e.